The van der Waals surface area contributed by atoms with E-state index in [-0.39, 0.29) is 12.5 Å². The molecule has 1 saturated heterocycles. The second-order valence-corrected chi connectivity index (χ2v) is 4.00. The van der Waals surface area contributed by atoms with Gasteiger partial charge in [-0.15, -0.1) is 0 Å². The van der Waals surface area contributed by atoms with Crippen LogP contribution in [0.4, 0.5) is 4.79 Å². The first kappa shape index (κ1) is 12.9. The molecule has 0 radical (unpaired) electrons. The lowest BCUT2D eigenvalue weighted by Gasteiger charge is -2.31. The molecule has 1 aliphatic rings. The van der Waals surface area contributed by atoms with E-state index >= 15 is 0 Å². The van der Waals surface area contributed by atoms with Gasteiger partial charge in [-0.2, -0.15) is 0 Å². The number of amides is 3. The van der Waals surface area contributed by atoms with Gasteiger partial charge >= 0.3 is 6.03 Å². The molecular weight excluding hydrogens is 208 g/mol. The van der Waals surface area contributed by atoms with Gasteiger partial charge in [0.2, 0.25) is 5.91 Å². The summed E-state index contributed by atoms with van der Waals surface area (Å²) in [5.41, 5.74) is 0. The maximum Gasteiger partial charge on any atom is 0.321 e. The minimum Gasteiger partial charge on any atom is -0.338 e. The van der Waals surface area contributed by atoms with Gasteiger partial charge < -0.3 is 10.6 Å². The minimum absolute atomic E-state index is 0.250. The van der Waals surface area contributed by atoms with E-state index in [9.17, 15) is 9.59 Å². The first-order valence-corrected chi connectivity index (χ1v) is 5.65. The third kappa shape index (κ3) is 4.59. The number of carbonyl (C=O) groups is 2. The molecule has 6 heteroatoms. The molecule has 0 spiro atoms. The standard InChI is InChI=1S/C10H20N4O2/c1-3-11-10(16)13-9(15)7-14-5-4-12-8(2)6-14/h8,12H,3-7H2,1-2H3,(H2,11,13,15,16). The number of urea groups is 1. The van der Waals surface area contributed by atoms with Crippen molar-refractivity contribution in [3.05, 3.63) is 0 Å². The summed E-state index contributed by atoms with van der Waals surface area (Å²) < 4.78 is 0. The number of hydrogen-bond acceptors (Lipinski definition) is 4. The molecule has 0 saturated carbocycles. The van der Waals surface area contributed by atoms with E-state index in [2.05, 4.69) is 22.9 Å². The fourth-order valence-corrected chi connectivity index (χ4v) is 1.73. The third-order valence-corrected chi connectivity index (χ3v) is 2.41. The van der Waals surface area contributed by atoms with Crippen LogP contribution in [0, 0.1) is 0 Å². The molecule has 1 unspecified atom stereocenters. The van der Waals surface area contributed by atoms with Crippen molar-refractivity contribution in [2.24, 2.45) is 0 Å². The summed E-state index contributed by atoms with van der Waals surface area (Å²) in [5, 5.41) is 8.11. The Morgan fingerprint density at radius 3 is 2.88 bits per heavy atom. The molecule has 0 aliphatic carbocycles. The number of hydrogen-bond donors (Lipinski definition) is 3. The van der Waals surface area contributed by atoms with Crippen molar-refractivity contribution >= 4 is 11.9 Å². The largest absolute Gasteiger partial charge is 0.338 e. The zero-order chi connectivity index (χ0) is 12.0. The molecule has 1 atom stereocenters. The first-order valence-electron chi connectivity index (χ1n) is 5.65. The molecule has 92 valence electrons. The number of imide groups is 1. The lowest BCUT2D eigenvalue weighted by atomic mass is 10.2. The number of piperazine rings is 1. The lowest BCUT2D eigenvalue weighted by molar-refractivity contribution is -0.121. The molecule has 1 aliphatic heterocycles. The smallest absolute Gasteiger partial charge is 0.321 e. The highest BCUT2D eigenvalue weighted by molar-refractivity contribution is 5.95. The van der Waals surface area contributed by atoms with E-state index in [1.807, 2.05) is 11.8 Å². The zero-order valence-electron chi connectivity index (χ0n) is 9.88. The highest BCUT2D eigenvalue weighted by Gasteiger charge is 2.18. The average Bonchev–Trinajstić information content (AvgIpc) is 2.17. The van der Waals surface area contributed by atoms with Gasteiger partial charge in [0.15, 0.2) is 0 Å². The van der Waals surface area contributed by atoms with Gasteiger partial charge in [-0.1, -0.05) is 0 Å². The summed E-state index contributed by atoms with van der Waals surface area (Å²) in [6.07, 6.45) is 0. The van der Waals surface area contributed by atoms with E-state index in [1.54, 1.807) is 0 Å². The summed E-state index contributed by atoms with van der Waals surface area (Å²) >= 11 is 0. The Morgan fingerprint density at radius 1 is 1.50 bits per heavy atom. The minimum atomic E-state index is -0.421. The van der Waals surface area contributed by atoms with Crippen molar-refractivity contribution in [2.75, 3.05) is 32.7 Å². The second kappa shape index (κ2) is 6.44. The van der Waals surface area contributed by atoms with E-state index < -0.39 is 6.03 Å². The van der Waals surface area contributed by atoms with Crippen molar-refractivity contribution in [3.63, 3.8) is 0 Å². The highest BCUT2D eigenvalue weighted by atomic mass is 16.2. The molecule has 0 aromatic carbocycles. The Kier molecular flexibility index (Phi) is 5.21. The summed E-state index contributed by atoms with van der Waals surface area (Å²) in [7, 11) is 0. The van der Waals surface area contributed by atoms with Gasteiger partial charge in [-0.3, -0.25) is 15.0 Å². The van der Waals surface area contributed by atoms with Crippen LogP contribution >= 0.6 is 0 Å². The van der Waals surface area contributed by atoms with Gasteiger partial charge in [-0.05, 0) is 13.8 Å². The van der Waals surface area contributed by atoms with Crippen LogP contribution < -0.4 is 16.0 Å². The van der Waals surface area contributed by atoms with Crippen molar-refractivity contribution in [3.8, 4) is 0 Å². The Bertz CT molecular complexity index is 257. The molecule has 1 heterocycles. The number of nitrogens with one attached hydrogen (secondary N) is 3. The van der Waals surface area contributed by atoms with Crippen molar-refractivity contribution < 1.29 is 9.59 Å². The normalized spacial score (nSPS) is 21.5. The Hall–Kier alpha value is -1.14. The van der Waals surface area contributed by atoms with Crippen LogP contribution in [0.25, 0.3) is 0 Å². The van der Waals surface area contributed by atoms with E-state index in [1.165, 1.54) is 0 Å². The molecule has 3 amide bonds. The highest BCUT2D eigenvalue weighted by Crippen LogP contribution is 1.97. The van der Waals surface area contributed by atoms with Crippen molar-refractivity contribution in [1.82, 2.24) is 20.9 Å². The van der Waals surface area contributed by atoms with Gasteiger partial charge in [0.25, 0.3) is 0 Å². The van der Waals surface area contributed by atoms with Gasteiger partial charge in [0.05, 0.1) is 6.54 Å². The van der Waals surface area contributed by atoms with Crippen LogP contribution in [-0.4, -0.2) is 55.6 Å². The third-order valence-electron chi connectivity index (χ3n) is 2.41. The predicted octanol–water partition coefficient (Wildman–Crippen LogP) is -0.874. The maximum absolute atomic E-state index is 11.5. The maximum atomic E-state index is 11.5. The monoisotopic (exact) mass is 228 g/mol. The van der Waals surface area contributed by atoms with Crippen LogP contribution in [0.3, 0.4) is 0 Å². The molecule has 6 nitrogen and oxygen atoms in total. The van der Waals surface area contributed by atoms with E-state index in [0.717, 1.165) is 19.6 Å². The average molecular weight is 228 g/mol. The molecule has 0 aromatic heterocycles. The van der Waals surface area contributed by atoms with Crippen LogP contribution in [0.1, 0.15) is 13.8 Å². The summed E-state index contributed by atoms with van der Waals surface area (Å²) in [6, 6.07) is -0.0262. The SMILES string of the molecule is CCNC(=O)NC(=O)CN1CCNC(C)C1. The van der Waals surface area contributed by atoms with Crippen LogP contribution in [-0.2, 0) is 4.79 Å². The number of carbonyl (C=O) groups excluding carboxylic acids is 2. The summed E-state index contributed by atoms with van der Waals surface area (Å²) in [4.78, 5) is 24.6. The fourth-order valence-electron chi connectivity index (χ4n) is 1.73. The fraction of sp³-hybridized carbons (Fsp3) is 0.800. The van der Waals surface area contributed by atoms with Crippen molar-refractivity contribution in [2.45, 2.75) is 19.9 Å². The van der Waals surface area contributed by atoms with Crippen LogP contribution in [0.15, 0.2) is 0 Å². The van der Waals surface area contributed by atoms with E-state index in [0.29, 0.717) is 12.6 Å². The van der Waals surface area contributed by atoms with Gasteiger partial charge in [-0.25, -0.2) is 4.79 Å². The first-order chi connectivity index (χ1) is 7.61. The zero-order valence-corrected chi connectivity index (χ0v) is 9.88. The molecular formula is C10H20N4O2. The Labute approximate surface area is 95.8 Å². The predicted molar refractivity (Wildman–Crippen MR) is 61.1 cm³/mol. The molecule has 0 aromatic rings. The lowest BCUT2D eigenvalue weighted by Crippen LogP contribution is -2.53. The molecule has 1 fully saturated rings. The Morgan fingerprint density at radius 2 is 2.25 bits per heavy atom. The molecule has 16 heavy (non-hydrogen) atoms. The van der Waals surface area contributed by atoms with Crippen LogP contribution in [0.2, 0.25) is 0 Å². The quantitative estimate of drug-likeness (QED) is 0.587. The molecule has 0 bridgehead atoms. The Balaban J connectivity index is 2.25. The second-order valence-electron chi connectivity index (χ2n) is 4.00. The number of rotatable bonds is 3. The summed E-state index contributed by atoms with van der Waals surface area (Å²) in [5.74, 6) is -0.250. The molecule has 1 rings (SSSR count). The van der Waals surface area contributed by atoms with Gasteiger partial charge in [0.1, 0.15) is 0 Å². The topological polar surface area (TPSA) is 73.5 Å². The van der Waals surface area contributed by atoms with Gasteiger partial charge in [0, 0.05) is 32.2 Å². The van der Waals surface area contributed by atoms with Crippen molar-refractivity contribution in [1.29, 1.82) is 0 Å². The van der Waals surface area contributed by atoms with E-state index in [4.69, 9.17) is 0 Å². The summed E-state index contributed by atoms with van der Waals surface area (Å²) in [6.45, 7) is 7.24. The number of nitrogens with zero attached hydrogens (tertiary/aromatic N) is 1. The van der Waals surface area contributed by atoms with Crippen LogP contribution in [0.5, 0.6) is 0 Å². The molecule has 3 N–H and O–H groups in total.